The highest BCUT2D eigenvalue weighted by molar-refractivity contribution is 7.99. The van der Waals surface area contributed by atoms with Gasteiger partial charge in [-0.1, -0.05) is 23.9 Å². The van der Waals surface area contributed by atoms with E-state index < -0.39 is 0 Å². The Morgan fingerprint density at radius 1 is 1.21 bits per heavy atom. The number of thioether (sulfide) groups is 1. The average molecular weight is 478 g/mol. The molecule has 1 amide bonds. The third kappa shape index (κ3) is 3.90. The van der Waals surface area contributed by atoms with Gasteiger partial charge in [-0.3, -0.25) is 14.2 Å². The number of nitrogens with zero attached hydrogens (tertiary/aromatic N) is 4. The smallest absolute Gasteiger partial charge is 0.265 e. The summed E-state index contributed by atoms with van der Waals surface area (Å²) in [5.41, 5.74) is 2.77. The van der Waals surface area contributed by atoms with Gasteiger partial charge in [0.2, 0.25) is 5.91 Å². The summed E-state index contributed by atoms with van der Waals surface area (Å²) in [6, 6.07) is 12.7. The second-order valence-electron chi connectivity index (χ2n) is 7.99. The summed E-state index contributed by atoms with van der Waals surface area (Å²) in [7, 11) is 3.09. The highest BCUT2D eigenvalue weighted by Gasteiger charge is 2.30. The fraction of sp³-hybridized carbons (Fsp3) is 0.250. The lowest BCUT2D eigenvalue weighted by atomic mass is 10.2. The molecule has 2 aromatic carbocycles. The predicted molar refractivity (Wildman–Crippen MR) is 130 cm³/mol. The molecular weight excluding hydrogens is 454 g/mol. The van der Waals surface area contributed by atoms with Crippen LogP contribution in [0.4, 0.5) is 5.69 Å². The number of benzene rings is 2. The molecule has 1 aliphatic heterocycles. The zero-order chi connectivity index (χ0) is 23.8. The zero-order valence-corrected chi connectivity index (χ0v) is 19.8. The third-order valence-corrected chi connectivity index (χ3v) is 6.82. The quantitative estimate of drug-likeness (QED) is 0.424. The molecule has 3 heterocycles. The van der Waals surface area contributed by atoms with Crippen molar-refractivity contribution in [2.75, 3.05) is 25.3 Å². The van der Waals surface area contributed by atoms with Gasteiger partial charge in [0.1, 0.15) is 16.9 Å². The van der Waals surface area contributed by atoms with Gasteiger partial charge in [-0.05, 0) is 36.8 Å². The number of hydrogen-bond acceptors (Lipinski definition) is 7. The molecule has 0 bridgehead atoms. The first-order chi connectivity index (χ1) is 16.5. The summed E-state index contributed by atoms with van der Waals surface area (Å²) in [6.45, 7) is 2.00. The summed E-state index contributed by atoms with van der Waals surface area (Å²) in [6.07, 6.45) is 1.67. The van der Waals surface area contributed by atoms with Crippen molar-refractivity contribution in [2.45, 2.75) is 24.5 Å². The van der Waals surface area contributed by atoms with Crippen LogP contribution < -0.4 is 20.3 Å². The molecule has 1 atom stereocenters. The molecule has 174 valence electrons. The molecule has 10 heteroatoms. The van der Waals surface area contributed by atoms with E-state index in [1.54, 1.807) is 40.8 Å². The highest BCUT2D eigenvalue weighted by atomic mass is 32.2. The third-order valence-electron chi connectivity index (χ3n) is 5.72. The van der Waals surface area contributed by atoms with Crippen LogP contribution in [0.25, 0.3) is 16.7 Å². The number of aryl methyl sites for hydroxylation is 1. The van der Waals surface area contributed by atoms with Crippen molar-refractivity contribution >= 4 is 34.4 Å². The molecular formula is C24H23N5O4S. The molecule has 0 saturated heterocycles. The van der Waals surface area contributed by atoms with E-state index in [0.29, 0.717) is 39.1 Å². The maximum atomic E-state index is 13.4. The van der Waals surface area contributed by atoms with Gasteiger partial charge < -0.3 is 14.8 Å². The van der Waals surface area contributed by atoms with Crippen molar-refractivity contribution in [1.82, 2.24) is 19.3 Å². The van der Waals surface area contributed by atoms with E-state index in [9.17, 15) is 9.59 Å². The van der Waals surface area contributed by atoms with E-state index >= 15 is 0 Å². The molecule has 0 radical (unpaired) electrons. The Labute approximate surface area is 199 Å². The first-order valence-electron chi connectivity index (χ1n) is 10.7. The minimum atomic E-state index is -0.316. The second-order valence-corrected chi connectivity index (χ2v) is 8.97. The van der Waals surface area contributed by atoms with Gasteiger partial charge in [0.25, 0.3) is 5.56 Å². The van der Waals surface area contributed by atoms with Crippen LogP contribution in [0.1, 0.15) is 18.0 Å². The number of carbonyl (C=O) groups excluding carboxylic acids is 1. The lowest BCUT2D eigenvalue weighted by molar-refractivity contribution is -0.116. The number of methoxy groups -OCH3 is 2. The van der Waals surface area contributed by atoms with Crippen LogP contribution in [-0.4, -0.2) is 45.2 Å². The molecule has 34 heavy (non-hydrogen) atoms. The summed E-state index contributed by atoms with van der Waals surface area (Å²) >= 11 is 1.46. The molecule has 2 aromatic heterocycles. The Balaban J connectivity index is 1.43. The fourth-order valence-corrected chi connectivity index (χ4v) is 5.19. The van der Waals surface area contributed by atoms with E-state index in [2.05, 4.69) is 10.4 Å². The van der Waals surface area contributed by atoms with Crippen LogP contribution in [0.15, 0.2) is 58.6 Å². The summed E-state index contributed by atoms with van der Waals surface area (Å²) < 4.78 is 13.9. The first kappa shape index (κ1) is 22.0. The maximum absolute atomic E-state index is 13.4. The molecule has 1 aliphatic rings. The van der Waals surface area contributed by atoms with E-state index in [1.165, 1.54) is 18.9 Å². The molecule has 0 fully saturated rings. The predicted octanol–water partition coefficient (Wildman–Crippen LogP) is 3.58. The SMILES string of the molecule is COc1ccc(OC)c(NC(=O)CC2CSc3nc4c(cnn4-c4cccc(C)c4)c(=O)n32)c1. The van der Waals surface area contributed by atoms with Crippen LogP contribution in [0.5, 0.6) is 11.5 Å². The van der Waals surface area contributed by atoms with Crippen molar-refractivity contribution in [2.24, 2.45) is 0 Å². The molecule has 1 N–H and O–H groups in total. The normalized spacial score (nSPS) is 14.7. The van der Waals surface area contributed by atoms with E-state index in [4.69, 9.17) is 14.5 Å². The van der Waals surface area contributed by atoms with Crippen LogP contribution in [0, 0.1) is 6.92 Å². The minimum Gasteiger partial charge on any atom is -0.497 e. The summed E-state index contributed by atoms with van der Waals surface area (Å²) in [5.74, 6) is 1.48. The van der Waals surface area contributed by atoms with Crippen LogP contribution in [0.3, 0.4) is 0 Å². The van der Waals surface area contributed by atoms with Gasteiger partial charge in [0.15, 0.2) is 10.8 Å². The highest BCUT2D eigenvalue weighted by Crippen LogP contribution is 2.34. The van der Waals surface area contributed by atoms with E-state index in [1.807, 2.05) is 31.2 Å². The second kappa shape index (κ2) is 8.86. The minimum absolute atomic E-state index is 0.124. The Morgan fingerprint density at radius 2 is 2.06 bits per heavy atom. The fourth-order valence-electron chi connectivity index (χ4n) is 4.06. The van der Waals surface area contributed by atoms with Crippen LogP contribution in [0.2, 0.25) is 0 Å². The van der Waals surface area contributed by atoms with E-state index in [0.717, 1.165) is 11.3 Å². The zero-order valence-electron chi connectivity index (χ0n) is 18.9. The largest absolute Gasteiger partial charge is 0.497 e. The van der Waals surface area contributed by atoms with Gasteiger partial charge in [-0.25, -0.2) is 9.67 Å². The summed E-state index contributed by atoms with van der Waals surface area (Å²) in [4.78, 5) is 31.0. The Hall–Kier alpha value is -3.79. The number of amides is 1. The molecule has 0 aliphatic carbocycles. The van der Waals surface area contributed by atoms with Crippen molar-refractivity contribution < 1.29 is 14.3 Å². The maximum Gasteiger partial charge on any atom is 0.265 e. The standard InChI is InChI=1S/C24H23N5O4S/c1-14-5-4-6-15(9-14)29-22-18(12-25-29)23(31)28-16(13-34-24(28)27-22)10-21(30)26-19-11-17(32-2)7-8-20(19)33-3/h4-9,11-12,16H,10,13H2,1-3H3,(H,26,30). The number of ether oxygens (including phenoxy) is 2. The number of aromatic nitrogens is 4. The summed E-state index contributed by atoms with van der Waals surface area (Å²) in [5, 5.41) is 8.30. The van der Waals surface area contributed by atoms with Crippen molar-refractivity contribution in [3.05, 3.63) is 64.6 Å². The number of carbonyl (C=O) groups is 1. The van der Waals surface area contributed by atoms with Crippen molar-refractivity contribution in [1.29, 1.82) is 0 Å². The number of fused-ring (bicyclic) bond motifs is 2. The molecule has 5 rings (SSSR count). The number of nitrogens with one attached hydrogen (secondary N) is 1. The molecule has 9 nitrogen and oxygen atoms in total. The van der Waals surface area contributed by atoms with Gasteiger partial charge in [-0.15, -0.1) is 0 Å². The Morgan fingerprint density at radius 3 is 2.82 bits per heavy atom. The van der Waals surface area contributed by atoms with Gasteiger partial charge in [-0.2, -0.15) is 5.10 Å². The molecule has 0 spiro atoms. The monoisotopic (exact) mass is 477 g/mol. The average Bonchev–Trinajstić information content (AvgIpc) is 3.44. The van der Waals surface area contributed by atoms with Gasteiger partial charge in [0.05, 0.1) is 37.8 Å². The Bertz CT molecular complexity index is 1460. The van der Waals surface area contributed by atoms with Gasteiger partial charge >= 0.3 is 0 Å². The number of rotatable bonds is 6. The molecule has 1 unspecified atom stereocenters. The van der Waals surface area contributed by atoms with Crippen molar-refractivity contribution in [3.63, 3.8) is 0 Å². The first-order valence-corrected chi connectivity index (χ1v) is 11.7. The van der Waals surface area contributed by atoms with Crippen LogP contribution in [-0.2, 0) is 4.79 Å². The lowest BCUT2D eigenvalue weighted by Crippen LogP contribution is -2.27. The lowest BCUT2D eigenvalue weighted by Gasteiger charge is -2.15. The van der Waals surface area contributed by atoms with Crippen LogP contribution >= 0.6 is 11.8 Å². The van der Waals surface area contributed by atoms with Gasteiger partial charge in [0, 0.05) is 18.2 Å². The molecule has 0 saturated carbocycles. The molecule has 4 aromatic rings. The topological polar surface area (TPSA) is 100 Å². The van der Waals surface area contributed by atoms with E-state index in [-0.39, 0.29) is 23.9 Å². The Kier molecular flexibility index (Phi) is 5.74. The number of anilines is 1. The van der Waals surface area contributed by atoms with Crippen molar-refractivity contribution in [3.8, 4) is 17.2 Å². The number of hydrogen-bond donors (Lipinski definition) is 1.